The van der Waals surface area contributed by atoms with Gasteiger partial charge in [0.1, 0.15) is 5.75 Å². The molecule has 0 aliphatic carbocycles. The maximum atomic E-state index is 5.69. The van der Waals surface area contributed by atoms with E-state index in [1.54, 1.807) is 16.4 Å². The van der Waals surface area contributed by atoms with Crippen LogP contribution in [0.5, 0.6) is 5.75 Å². The van der Waals surface area contributed by atoms with Gasteiger partial charge in [-0.1, -0.05) is 43.0 Å². The van der Waals surface area contributed by atoms with Crippen LogP contribution < -0.4 is 10.1 Å². The number of para-hydroxylation sites is 1. The molecule has 1 aromatic heterocycles. The Morgan fingerprint density at radius 3 is 2.82 bits per heavy atom. The first-order valence-corrected chi connectivity index (χ1v) is 11.1. The van der Waals surface area contributed by atoms with Gasteiger partial charge in [-0.15, -0.1) is 5.10 Å². The van der Waals surface area contributed by atoms with Crippen molar-refractivity contribution < 1.29 is 4.74 Å². The van der Waals surface area contributed by atoms with Crippen LogP contribution in [0.15, 0.2) is 58.2 Å². The van der Waals surface area contributed by atoms with Crippen molar-refractivity contribution in [3.8, 4) is 11.4 Å². The van der Waals surface area contributed by atoms with Crippen LogP contribution in [0.3, 0.4) is 0 Å². The SMILES string of the molecule is CCCOc1ccc(CNCCCSc2nnnn2-c2ccccc2)cc1Br. The minimum Gasteiger partial charge on any atom is -0.492 e. The number of benzene rings is 2. The Balaban J connectivity index is 1.38. The third-order valence-corrected chi connectivity index (χ3v) is 5.58. The van der Waals surface area contributed by atoms with Gasteiger partial charge in [0.05, 0.1) is 16.8 Å². The van der Waals surface area contributed by atoms with Crippen molar-refractivity contribution in [2.24, 2.45) is 0 Å². The Morgan fingerprint density at radius 1 is 1.18 bits per heavy atom. The zero-order valence-electron chi connectivity index (χ0n) is 15.8. The van der Waals surface area contributed by atoms with Gasteiger partial charge in [-0.25, -0.2) is 0 Å². The quantitative estimate of drug-likeness (QED) is 0.335. The van der Waals surface area contributed by atoms with E-state index in [-0.39, 0.29) is 0 Å². The van der Waals surface area contributed by atoms with Gasteiger partial charge in [0.15, 0.2) is 0 Å². The lowest BCUT2D eigenvalue weighted by Crippen LogP contribution is -2.15. The minimum atomic E-state index is 0.738. The number of thioether (sulfide) groups is 1. The first-order valence-electron chi connectivity index (χ1n) is 9.36. The van der Waals surface area contributed by atoms with E-state index in [1.165, 1.54) is 5.56 Å². The molecule has 3 aromatic rings. The largest absolute Gasteiger partial charge is 0.492 e. The third-order valence-electron chi connectivity index (χ3n) is 3.96. The van der Waals surface area contributed by atoms with E-state index in [0.29, 0.717) is 0 Å². The number of aromatic nitrogens is 4. The standard InChI is InChI=1S/C20H24BrN5OS/c1-2-12-27-19-10-9-16(14-18(19)21)15-22-11-6-13-28-20-23-24-25-26(20)17-7-4-3-5-8-17/h3-5,7-10,14,22H,2,6,11-13,15H2,1H3. The topological polar surface area (TPSA) is 64.9 Å². The molecule has 0 spiro atoms. The van der Waals surface area contributed by atoms with E-state index in [1.807, 2.05) is 36.4 Å². The molecule has 6 nitrogen and oxygen atoms in total. The molecule has 0 atom stereocenters. The predicted molar refractivity (Wildman–Crippen MR) is 116 cm³/mol. The lowest BCUT2D eigenvalue weighted by Gasteiger charge is -2.10. The summed E-state index contributed by atoms with van der Waals surface area (Å²) >= 11 is 5.25. The number of hydrogen-bond acceptors (Lipinski definition) is 6. The molecular weight excluding hydrogens is 438 g/mol. The van der Waals surface area contributed by atoms with E-state index in [0.717, 1.165) is 59.4 Å². The van der Waals surface area contributed by atoms with Crippen LogP contribution in [0.2, 0.25) is 0 Å². The van der Waals surface area contributed by atoms with Crippen molar-refractivity contribution in [2.45, 2.75) is 31.5 Å². The van der Waals surface area contributed by atoms with Gasteiger partial charge in [0.25, 0.3) is 0 Å². The number of hydrogen-bond donors (Lipinski definition) is 1. The molecular formula is C20H24BrN5OS. The molecule has 0 amide bonds. The Morgan fingerprint density at radius 2 is 2.04 bits per heavy atom. The fraction of sp³-hybridized carbons (Fsp3) is 0.350. The highest BCUT2D eigenvalue weighted by molar-refractivity contribution is 9.10. The molecule has 8 heteroatoms. The van der Waals surface area contributed by atoms with Crippen LogP contribution in [0, 0.1) is 0 Å². The van der Waals surface area contributed by atoms with Gasteiger partial charge in [0.2, 0.25) is 5.16 Å². The number of rotatable bonds is 11. The smallest absolute Gasteiger partial charge is 0.214 e. The van der Waals surface area contributed by atoms with Crippen molar-refractivity contribution in [1.29, 1.82) is 0 Å². The maximum absolute atomic E-state index is 5.69. The Bertz CT molecular complexity index is 859. The van der Waals surface area contributed by atoms with E-state index in [2.05, 4.69) is 55.8 Å². The number of ether oxygens (including phenoxy) is 1. The maximum Gasteiger partial charge on any atom is 0.214 e. The molecule has 1 heterocycles. The second kappa shape index (κ2) is 11.2. The molecule has 148 valence electrons. The van der Waals surface area contributed by atoms with Gasteiger partial charge in [-0.2, -0.15) is 4.68 Å². The molecule has 3 rings (SSSR count). The fourth-order valence-corrected chi connectivity index (χ4v) is 3.95. The predicted octanol–water partition coefficient (Wildman–Crippen LogP) is 4.49. The van der Waals surface area contributed by atoms with Gasteiger partial charge in [0, 0.05) is 12.3 Å². The molecule has 1 N–H and O–H groups in total. The van der Waals surface area contributed by atoms with Gasteiger partial charge in [-0.05, 0) is 75.6 Å². The van der Waals surface area contributed by atoms with Crippen LogP contribution in [-0.4, -0.2) is 39.1 Å². The van der Waals surface area contributed by atoms with E-state index >= 15 is 0 Å². The summed E-state index contributed by atoms with van der Waals surface area (Å²) in [5.74, 6) is 1.85. The fourth-order valence-electron chi connectivity index (χ4n) is 2.58. The van der Waals surface area contributed by atoms with Crippen LogP contribution in [-0.2, 0) is 6.54 Å². The number of nitrogens with one attached hydrogen (secondary N) is 1. The van der Waals surface area contributed by atoms with Crippen molar-refractivity contribution >= 4 is 27.7 Å². The Hall–Kier alpha value is -1.90. The monoisotopic (exact) mass is 461 g/mol. The Kier molecular flexibility index (Phi) is 8.32. The molecule has 2 aromatic carbocycles. The first-order chi connectivity index (χ1) is 13.8. The lowest BCUT2D eigenvalue weighted by atomic mass is 10.2. The highest BCUT2D eigenvalue weighted by atomic mass is 79.9. The highest BCUT2D eigenvalue weighted by Gasteiger charge is 2.08. The minimum absolute atomic E-state index is 0.738. The molecule has 0 aliphatic rings. The van der Waals surface area contributed by atoms with Gasteiger partial charge >= 0.3 is 0 Å². The van der Waals surface area contributed by atoms with Crippen molar-refractivity contribution in [3.05, 3.63) is 58.6 Å². The number of halogens is 1. The van der Waals surface area contributed by atoms with Crippen LogP contribution in [0.4, 0.5) is 0 Å². The highest BCUT2D eigenvalue weighted by Crippen LogP contribution is 2.26. The summed E-state index contributed by atoms with van der Waals surface area (Å²) in [4.78, 5) is 0. The van der Waals surface area contributed by atoms with Crippen molar-refractivity contribution in [2.75, 3.05) is 18.9 Å². The number of tetrazole rings is 1. The summed E-state index contributed by atoms with van der Waals surface area (Å²) in [6.45, 7) is 4.61. The molecule has 0 fully saturated rings. The van der Waals surface area contributed by atoms with Crippen molar-refractivity contribution in [1.82, 2.24) is 25.5 Å². The first kappa shape index (κ1) is 20.8. The van der Waals surface area contributed by atoms with E-state index < -0.39 is 0 Å². The zero-order chi connectivity index (χ0) is 19.6. The normalized spacial score (nSPS) is 10.9. The van der Waals surface area contributed by atoms with E-state index in [9.17, 15) is 0 Å². The molecule has 28 heavy (non-hydrogen) atoms. The average molecular weight is 462 g/mol. The van der Waals surface area contributed by atoms with Gasteiger partial charge in [-0.3, -0.25) is 0 Å². The van der Waals surface area contributed by atoms with Crippen molar-refractivity contribution in [3.63, 3.8) is 0 Å². The molecule has 0 saturated carbocycles. The summed E-state index contributed by atoms with van der Waals surface area (Å²) in [6, 6.07) is 16.2. The average Bonchev–Trinajstić information content (AvgIpc) is 3.19. The summed E-state index contributed by atoms with van der Waals surface area (Å²) in [6.07, 6.45) is 2.04. The van der Waals surface area contributed by atoms with Crippen LogP contribution in [0.1, 0.15) is 25.3 Å². The second-order valence-electron chi connectivity index (χ2n) is 6.20. The molecule has 0 radical (unpaired) electrons. The zero-order valence-corrected chi connectivity index (χ0v) is 18.2. The summed E-state index contributed by atoms with van der Waals surface area (Å²) < 4.78 is 8.47. The molecule has 0 saturated heterocycles. The van der Waals surface area contributed by atoms with Crippen LogP contribution in [0.25, 0.3) is 5.69 Å². The molecule has 0 aliphatic heterocycles. The summed E-state index contributed by atoms with van der Waals surface area (Å²) in [5.41, 5.74) is 2.21. The molecule has 0 bridgehead atoms. The second-order valence-corrected chi connectivity index (χ2v) is 8.12. The third kappa shape index (κ3) is 6.05. The van der Waals surface area contributed by atoms with Gasteiger partial charge < -0.3 is 10.1 Å². The van der Waals surface area contributed by atoms with Crippen LogP contribution >= 0.6 is 27.7 Å². The Labute approximate surface area is 178 Å². The summed E-state index contributed by atoms with van der Waals surface area (Å²) in [7, 11) is 0. The lowest BCUT2D eigenvalue weighted by molar-refractivity contribution is 0.315. The molecule has 0 unspecified atom stereocenters. The summed E-state index contributed by atoms with van der Waals surface area (Å²) in [5, 5.41) is 16.3. The van der Waals surface area contributed by atoms with E-state index in [4.69, 9.17) is 4.74 Å². The number of nitrogens with zero attached hydrogens (tertiary/aromatic N) is 4.